The van der Waals surface area contributed by atoms with Gasteiger partial charge in [0.1, 0.15) is 0 Å². The van der Waals surface area contributed by atoms with E-state index in [0.717, 1.165) is 15.7 Å². The summed E-state index contributed by atoms with van der Waals surface area (Å²) in [6.45, 7) is 2.05. The third kappa shape index (κ3) is 4.63. The highest BCUT2D eigenvalue weighted by atomic mass is 79.9. The van der Waals surface area contributed by atoms with Gasteiger partial charge in [-0.1, -0.05) is 39.1 Å². The zero-order chi connectivity index (χ0) is 15.4. The molecule has 0 aliphatic rings. The summed E-state index contributed by atoms with van der Waals surface area (Å²) in [5.41, 5.74) is 2.50. The van der Waals surface area contributed by atoms with Gasteiger partial charge in [-0.05, 0) is 42.0 Å². The lowest BCUT2D eigenvalue weighted by Crippen LogP contribution is -2.06. The van der Waals surface area contributed by atoms with Crippen molar-refractivity contribution in [3.05, 3.63) is 56.5 Å². The third-order valence-electron chi connectivity index (χ3n) is 2.77. The number of hydrogen-bond acceptors (Lipinski definition) is 2. The summed E-state index contributed by atoms with van der Waals surface area (Å²) < 4.78 is 0.986. The fourth-order valence-corrected chi connectivity index (χ4v) is 2.60. The van der Waals surface area contributed by atoms with E-state index in [-0.39, 0.29) is 5.91 Å². The van der Waals surface area contributed by atoms with E-state index in [9.17, 15) is 4.79 Å². The summed E-state index contributed by atoms with van der Waals surface area (Å²) >= 11 is 15.6. The van der Waals surface area contributed by atoms with E-state index < -0.39 is 0 Å². The molecule has 2 N–H and O–H groups in total. The highest BCUT2D eigenvalue weighted by Gasteiger charge is 2.05. The largest absolute Gasteiger partial charge is 0.381 e. The van der Waals surface area contributed by atoms with Gasteiger partial charge in [0.2, 0.25) is 5.91 Å². The molecule has 0 radical (unpaired) electrons. The lowest BCUT2D eigenvalue weighted by Gasteiger charge is -2.11. The van der Waals surface area contributed by atoms with Gasteiger partial charge >= 0.3 is 0 Å². The van der Waals surface area contributed by atoms with Crippen molar-refractivity contribution in [3.8, 4) is 0 Å². The molecule has 0 bridgehead atoms. The quantitative estimate of drug-likeness (QED) is 0.744. The second kappa shape index (κ2) is 7.16. The van der Waals surface area contributed by atoms with Crippen molar-refractivity contribution < 1.29 is 4.79 Å². The maximum Gasteiger partial charge on any atom is 0.221 e. The fourth-order valence-electron chi connectivity index (χ4n) is 1.79. The number of hydrogen-bond donors (Lipinski definition) is 2. The number of carbonyl (C=O) groups is 1. The summed E-state index contributed by atoms with van der Waals surface area (Å²) in [6.07, 6.45) is 0. The van der Waals surface area contributed by atoms with E-state index in [0.29, 0.717) is 22.3 Å². The van der Waals surface area contributed by atoms with Gasteiger partial charge in [-0.15, -0.1) is 0 Å². The molecule has 3 nitrogen and oxygen atoms in total. The van der Waals surface area contributed by atoms with E-state index >= 15 is 0 Å². The maximum absolute atomic E-state index is 11.0. The molecular formula is C15H13BrCl2N2O. The van der Waals surface area contributed by atoms with E-state index in [1.54, 1.807) is 12.1 Å². The number of amides is 1. The molecule has 21 heavy (non-hydrogen) atoms. The van der Waals surface area contributed by atoms with Gasteiger partial charge in [0.25, 0.3) is 0 Å². The first-order valence-electron chi connectivity index (χ1n) is 6.20. The molecular weight excluding hydrogens is 375 g/mol. The van der Waals surface area contributed by atoms with Crippen LogP contribution in [0.3, 0.4) is 0 Å². The summed E-state index contributed by atoms with van der Waals surface area (Å²) in [4.78, 5) is 11.0. The summed E-state index contributed by atoms with van der Waals surface area (Å²) in [7, 11) is 0. The number of benzene rings is 2. The van der Waals surface area contributed by atoms with Gasteiger partial charge in [0, 0.05) is 28.7 Å². The van der Waals surface area contributed by atoms with Crippen LogP contribution in [0.25, 0.3) is 0 Å². The van der Waals surface area contributed by atoms with Crippen molar-refractivity contribution in [2.24, 2.45) is 0 Å². The van der Waals surface area contributed by atoms with Crippen molar-refractivity contribution in [1.82, 2.24) is 0 Å². The minimum atomic E-state index is -0.152. The Balaban J connectivity index is 2.08. The van der Waals surface area contributed by atoms with Crippen molar-refractivity contribution >= 4 is 56.4 Å². The van der Waals surface area contributed by atoms with Gasteiger partial charge in [-0.25, -0.2) is 0 Å². The van der Waals surface area contributed by atoms with Crippen LogP contribution in [-0.4, -0.2) is 5.91 Å². The average Bonchev–Trinajstić information content (AvgIpc) is 2.42. The van der Waals surface area contributed by atoms with Crippen molar-refractivity contribution in [1.29, 1.82) is 0 Å². The van der Waals surface area contributed by atoms with Gasteiger partial charge in [-0.3, -0.25) is 4.79 Å². The molecule has 0 unspecified atom stereocenters. The Bertz CT molecular complexity index is 677. The lowest BCUT2D eigenvalue weighted by atomic mass is 10.2. The monoisotopic (exact) mass is 386 g/mol. The molecule has 0 saturated carbocycles. The summed E-state index contributed by atoms with van der Waals surface area (Å²) in [5.74, 6) is -0.152. The van der Waals surface area contributed by atoms with Crippen molar-refractivity contribution in [3.63, 3.8) is 0 Å². The van der Waals surface area contributed by atoms with E-state index in [1.165, 1.54) is 6.92 Å². The molecule has 0 fully saturated rings. The minimum absolute atomic E-state index is 0.152. The Kier molecular flexibility index (Phi) is 5.51. The van der Waals surface area contributed by atoms with E-state index in [1.807, 2.05) is 24.3 Å². The number of anilines is 2. The highest BCUT2D eigenvalue weighted by molar-refractivity contribution is 9.10. The molecule has 6 heteroatoms. The van der Waals surface area contributed by atoms with E-state index in [4.69, 9.17) is 23.2 Å². The molecule has 110 valence electrons. The van der Waals surface area contributed by atoms with Gasteiger partial charge < -0.3 is 10.6 Å². The Labute approximate surface area is 141 Å². The van der Waals surface area contributed by atoms with Crippen LogP contribution < -0.4 is 10.6 Å². The van der Waals surface area contributed by atoms with Gasteiger partial charge in [0.15, 0.2) is 0 Å². The Morgan fingerprint density at radius 2 is 1.95 bits per heavy atom. The highest BCUT2D eigenvalue weighted by Crippen LogP contribution is 2.27. The topological polar surface area (TPSA) is 41.1 Å². The first-order chi connectivity index (χ1) is 9.95. The molecule has 2 aromatic rings. The molecule has 2 rings (SSSR count). The predicted molar refractivity (Wildman–Crippen MR) is 92.2 cm³/mol. The Morgan fingerprint density at radius 3 is 2.62 bits per heavy atom. The third-order valence-corrected chi connectivity index (χ3v) is 4.09. The number of rotatable bonds is 4. The number of halogens is 3. The zero-order valence-corrected chi connectivity index (χ0v) is 14.3. The van der Waals surface area contributed by atoms with Crippen LogP contribution in [0.4, 0.5) is 11.4 Å². The van der Waals surface area contributed by atoms with E-state index in [2.05, 4.69) is 26.6 Å². The van der Waals surface area contributed by atoms with Crippen LogP contribution in [0.1, 0.15) is 12.5 Å². The second-order valence-corrected chi connectivity index (χ2v) is 6.16. The molecule has 0 atom stereocenters. The zero-order valence-electron chi connectivity index (χ0n) is 11.2. The molecule has 0 saturated heterocycles. The average molecular weight is 388 g/mol. The van der Waals surface area contributed by atoms with Crippen LogP contribution in [0, 0.1) is 0 Å². The number of carbonyl (C=O) groups excluding carboxylic acids is 1. The minimum Gasteiger partial charge on any atom is -0.381 e. The maximum atomic E-state index is 11.0. The molecule has 2 aromatic carbocycles. The van der Waals surface area contributed by atoms with Gasteiger partial charge in [-0.2, -0.15) is 0 Å². The van der Waals surface area contributed by atoms with Crippen LogP contribution in [0.2, 0.25) is 10.0 Å². The lowest BCUT2D eigenvalue weighted by molar-refractivity contribution is -0.114. The molecule has 1 amide bonds. The molecule has 0 aliphatic heterocycles. The Hall–Kier alpha value is -1.23. The number of nitrogens with one attached hydrogen (secondary N) is 2. The van der Waals surface area contributed by atoms with Crippen molar-refractivity contribution in [2.45, 2.75) is 13.5 Å². The van der Waals surface area contributed by atoms with Crippen LogP contribution >= 0.6 is 39.1 Å². The SMILES string of the molecule is CC(=O)Nc1ccc(NCc2cc(Cl)ccc2Br)cc1Cl. The van der Waals surface area contributed by atoms with Crippen LogP contribution in [0.5, 0.6) is 0 Å². The Morgan fingerprint density at radius 1 is 1.19 bits per heavy atom. The standard InChI is InChI=1S/C15H13BrCl2N2O/c1-9(21)20-15-5-3-12(7-14(15)18)19-8-10-6-11(17)2-4-13(10)16/h2-7,19H,8H2,1H3,(H,20,21). The molecule has 0 heterocycles. The second-order valence-electron chi connectivity index (χ2n) is 4.47. The fraction of sp³-hybridized carbons (Fsp3) is 0.133. The molecule has 0 spiro atoms. The molecule has 0 aromatic heterocycles. The van der Waals surface area contributed by atoms with Gasteiger partial charge in [0.05, 0.1) is 10.7 Å². The summed E-state index contributed by atoms with van der Waals surface area (Å²) in [6, 6.07) is 11.0. The van der Waals surface area contributed by atoms with Crippen LogP contribution in [0.15, 0.2) is 40.9 Å². The first kappa shape index (κ1) is 16.1. The summed E-state index contributed by atoms with van der Waals surface area (Å²) in [5, 5.41) is 7.11. The first-order valence-corrected chi connectivity index (χ1v) is 7.75. The predicted octanol–water partition coefficient (Wildman–Crippen LogP) is 5.33. The van der Waals surface area contributed by atoms with Crippen LogP contribution in [-0.2, 0) is 11.3 Å². The smallest absolute Gasteiger partial charge is 0.221 e. The van der Waals surface area contributed by atoms with Crippen molar-refractivity contribution in [2.75, 3.05) is 10.6 Å². The normalized spacial score (nSPS) is 10.3. The molecule has 0 aliphatic carbocycles.